The summed E-state index contributed by atoms with van der Waals surface area (Å²) in [6, 6.07) is 10.9. The number of hydrogen-bond acceptors (Lipinski definition) is 2. The Balaban J connectivity index is 1.72. The third kappa shape index (κ3) is 5.02. The zero-order chi connectivity index (χ0) is 14.2. The topological polar surface area (TPSA) is 29.1 Å². The predicted octanol–water partition coefficient (Wildman–Crippen LogP) is 3.49. The van der Waals surface area contributed by atoms with Gasteiger partial charge in [0.1, 0.15) is 0 Å². The van der Waals surface area contributed by atoms with Crippen molar-refractivity contribution in [3.63, 3.8) is 0 Å². The Labute approximate surface area is 125 Å². The van der Waals surface area contributed by atoms with E-state index in [2.05, 4.69) is 24.4 Å². The lowest BCUT2D eigenvalue weighted by Gasteiger charge is -2.20. The first-order valence-electron chi connectivity index (χ1n) is 7.92. The Morgan fingerprint density at radius 1 is 1.25 bits per heavy atom. The summed E-state index contributed by atoms with van der Waals surface area (Å²) >= 11 is 0. The van der Waals surface area contributed by atoms with Crippen molar-refractivity contribution in [2.24, 2.45) is 5.92 Å². The molecule has 112 valence electrons. The van der Waals surface area contributed by atoms with Crippen LogP contribution in [0.1, 0.15) is 44.6 Å². The van der Waals surface area contributed by atoms with Gasteiger partial charge in [-0.3, -0.25) is 4.21 Å². The van der Waals surface area contributed by atoms with Crippen LogP contribution >= 0.6 is 0 Å². The van der Waals surface area contributed by atoms with Crippen LogP contribution < -0.4 is 5.32 Å². The highest BCUT2D eigenvalue weighted by Crippen LogP contribution is 2.28. The molecule has 2 rings (SSSR count). The second-order valence-electron chi connectivity index (χ2n) is 5.81. The smallest absolute Gasteiger partial charge is 0.0485 e. The third-order valence-electron chi connectivity index (χ3n) is 4.20. The molecule has 0 aromatic heterocycles. The first-order valence-corrected chi connectivity index (χ1v) is 9.40. The monoisotopic (exact) mass is 293 g/mol. The van der Waals surface area contributed by atoms with Crippen LogP contribution in [0.3, 0.4) is 0 Å². The highest BCUT2D eigenvalue weighted by Gasteiger charge is 2.26. The largest absolute Gasteiger partial charge is 0.314 e. The predicted molar refractivity (Wildman–Crippen MR) is 87.2 cm³/mol. The van der Waals surface area contributed by atoms with Crippen LogP contribution in [0.2, 0.25) is 0 Å². The summed E-state index contributed by atoms with van der Waals surface area (Å²) in [6.45, 7) is 3.33. The third-order valence-corrected chi connectivity index (χ3v) is 5.55. The minimum atomic E-state index is -0.715. The van der Waals surface area contributed by atoms with Crippen molar-refractivity contribution in [1.29, 1.82) is 0 Å². The van der Waals surface area contributed by atoms with Gasteiger partial charge in [-0.05, 0) is 43.7 Å². The SMILES string of the molecule is CCCNC1CCCC1CCS(=O)Cc1ccccc1. The summed E-state index contributed by atoms with van der Waals surface area (Å²) in [5, 5.41) is 3.66. The summed E-state index contributed by atoms with van der Waals surface area (Å²) < 4.78 is 12.2. The van der Waals surface area contributed by atoms with Gasteiger partial charge in [0.25, 0.3) is 0 Å². The molecule has 1 saturated carbocycles. The molecule has 3 unspecified atom stereocenters. The van der Waals surface area contributed by atoms with E-state index >= 15 is 0 Å². The maximum atomic E-state index is 12.2. The Bertz CT molecular complexity index is 407. The normalized spacial score (nSPS) is 23.9. The lowest BCUT2D eigenvalue weighted by molar-refractivity contribution is 0.393. The molecule has 0 radical (unpaired) electrons. The Morgan fingerprint density at radius 2 is 2.05 bits per heavy atom. The Hall–Kier alpha value is -0.670. The van der Waals surface area contributed by atoms with E-state index in [-0.39, 0.29) is 0 Å². The second-order valence-corrected chi connectivity index (χ2v) is 7.39. The van der Waals surface area contributed by atoms with Crippen LogP contribution in [0.15, 0.2) is 30.3 Å². The summed E-state index contributed by atoms with van der Waals surface area (Å²) in [6.07, 6.45) is 6.25. The van der Waals surface area contributed by atoms with Crippen LogP contribution in [-0.2, 0) is 16.6 Å². The van der Waals surface area contributed by atoms with E-state index in [9.17, 15) is 4.21 Å². The van der Waals surface area contributed by atoms with Crippen molar-refractivity contribution in [2.75, 3.05) is 12.3 Å². The van der Waals surface area contributed by atoms with Gasteiger partial charge >= 0.3 is 0 Å². The Kier molecular flexibility index (Phi) is 6.74. The fraction of sp³-hybridized carbons (Fsp3) is 0.647. The van der Waals surface area contributed by atoms with Crippen molar-refractivity contribution >= 4 is 10.8 Å². The number of hydrogen-bond donors (Lipinski definition) is 1. The summed E-state index contributed by atoms with van der Waals surface area (Å²) in [5.74, 6) is 2.30. The van der Waals surface area contributed by atoms with Crippen LogP contribution in [0, 0.1) is 5.92 Å². The molecule has 0 heterocycles. The van der Waals surface area contributed by atoms with Crippen LogP contribution in [0.4, 0.5) is 0 Å². The van der Waals surface area contributed by atoms with Gasteiger partial charge in [-0.2, -0.15) is 0 Å². The van der Waals surface area contributed by atoms with Gasteiger partial charge in [0.05, 0.1) is 0 Å². The van der Waals surface area contributed by atoms with Crippen molar-refractivity contribution < 1.29 is 4.21 Å². The molecular weight excluding hydrogens is 266 g/mol. The molecule has 1 aromatic rings. The molecule has 0 spiro atoms. The molecule has 2 nitrogen and oxygen atoms in total. The van der Waals surface area contributed by atoms with E-state index < -0.39 is 10.8 Å². The fourth-order valence-corrected chi connectivity index (χ4v) is 4.37. The minimum Gasteiger partial charge on any atom is -0.314 e. The van der Waals surface area contributed by atoms with Gasteiger partial charge < -0.3 is 5.32 Å². The molecule has 0 bridgehead atoms. The van der Waals surface area contributed by atoms with Gasteiger partial charge in [-0.25, -0.2) is 0 Å². The molecule has 0 saturated heterocycles. The quantitative estimate of drug-likeness (QED) is 0.795. The zero-order valence-electron chi connectivity index (χ0n) is 12.5. The van der Waals surface area contributed by atoms with Gasteiger partial charge in [-0.15, -0.1) is 0 Å². The van der Waals surface area contributed by atoms with Gasteiger partial charge in [-0.1, -0.05) is 43.7 Å². The first-order chi connectivity index (χ1) is 9.79. The summed E-state index contributed by atoms with van der Waals surface area (Å²) in [7, 11) is -0.715. The van der Waals surface area contributed by atoms with E-state index in [4.69, 9.17) is 0 Å². The van der Waals surface area contributed by atoms with Crippen molar-refractivity contribution in [3.8, 4) is 0 Å². The van der Waals surface area contributed by atoms with Crippen molar-refractivity contribution in [3.05, 3.63) is 35.9 Å². The molecule has 0 amide bonds. The van der Waals surface area contributed by atoms with Crippen molar-refractivity contribution in [1.82, 2.24) is 5.32 Å². The zero-order valence-corrected chi connectivity index (χ0v) is 13.3. The van der Waals surface area contributed by atoms with Crippen LogP contribution in [-0.4, -0.2) is 22.5 Å². The van der Waals surface area contributed by atoms with E-state index in [1.54, 1.807) is 0 Å². The summed E-state index contributed by atoms with van der Waals surface area (Å²) in [4.78, 5) is 0. The molecule has 3 heteroatoms. The molecule has 1 N–H and O–H groups in total. The molecule has 0 aliphatic heterocycles. The molecule has 1 aliphatic carbocycles. The highest BCUT2D eigenvalue weighted by molar-refractivity contribution is 7.84. The lowest BCUT2D eigenvalue weighted by atomic mass is 10.0. The van der Waals surface area contributed by atoms with E-state index in [1.165, 1.54) is 31.2 Å². The summed E-state index contributed by atoms with van der Waals surface area (Å²) in [5.41, 5.74) is 1.19. The molecule has 20 heavy (non-hydrogen) atoms. The standard InChI is InChI=1S/C17H27NOS/c1-2-12-18-17-10-6-9-16(17)11-13-20(19)14-15-7-4-3-5-8-15/h3-5,7-8,16-18H,2,6,9-14H2,1H3. The van der Waals surface area contributed by atoms with E-state index in [0.717, 1.165) is 24.6 Å². The Morgan fingerprint density at radius 3 is 2.80 bits per heavy atom. The average molecular weight is 293 g/mol. The fourth-order valence-electron chi connectivity index (χ4n) is 3.10. The van der Waals surface area contributed by atoms with Crippen LogP contribution in [0.25, 0.3) is 0 Å². The molecular formula is C17H27NOS. The molecule has 1 aromatic carbocycles. The highest BCUT2D eigenvalue weighted by atomic mass is 32.2. The first kappa shape index (κ1) is 15.7. The van der Waals surface area contributed by atoms with Crippen molar-refractivity contribution in [2.45, 2.75) is 50.8 Å². The second kappa shape index (κ2) is 8.58. The number of benzene rings is 1. The van der Waals surface area contributed by atoms with Gasteiger partial charge in [0, 0.05) is 28.3 Å². The number of rotatable bonds is 8. The van der Waals surface area contributed by atoms with Gasteiger partial charge in [0.2, 0.25) is 0 Å². The van der Waals surface area contributed by atoms with Gasteiger partial charge in [0.15, 0.2) is 0 Å². The maximum Gasteiger partial charge on any atom is 0.0485 e. The maximum absolute atomic E-state index is 12.2. The average Bonchev–Trinajstić information content (AvgIpc) is 2.91. The molecule has 1 fully saturated rings. The van der Waals surface area contributed by atoms with Crippen LogP contribution in [0.5, 0.6) is 0 Å². The van der Waals surface area contributed by atoms with E-state index in [0.29, 0.717) is 11.8 Å². The molecule has 1 aliphatic rings. The lowest BCUT2D eigenvalue weighted by Crippen LogP contribution is -2.33. The molecule has 3 atom stereocenters. The minimum absolute atomic E-state index is 0.670. The van der Waals surface area contributed by atoms with E-state index in [1.807, 2.05) is 18.2 Å². The number of nitrogens with one attached hydrogen (secondary N) is 1.